The summed E-state index contributed by atoms with van der Waals surface area (Å²) in [5.41, 5.74) is 0.232. The first-order valence-corrected chi connectivity index (χ1v) is 6.92. The Morgan fingerprint density at radius 3 is 2.81 bits per heavy atom. The Balaban J connectivity index is 1.69. The molecule has 1 fully saturated rings. The van der Waals surface area contributed by atoms with Gasteiger partial charge in [0.15, 0.2) is 0 Å². The largest absolute Gasteiger partial charge is 0.392 e. The third kappa shape index (κ3) is 2.42. The summed E-state index contributed by atoms with van der Waals surface area (Å²) in [4.78, 5) is 20.4. The molecule has 1 aliphatic rings. The van der Waals surface area contributed by atoms with Crippen LogP contribution in [0.2, 0.25) is 0 Å². The van der Waals surface area contributed by atoms with E-state index in [1.807, 2.05) is 13.8 Å². The van der Waals surface area contributed by atoms with Crippen molar-refractivity contribution >= 4 is 5.91 Å². The van der Waals surface area contributed by atoms with Crippen LogP contribution in [0.1, 0.15) is 30.6 Å². The van der Waals surface area contributed by atoms with Crippen LogP contribution in [0.25, 0.3) is 5.82 Å². The molecular formula is C15H18N4O2. The van der Waals surface area contributed by atoms with Gasteiger partial charge in [0.1, 0.15) is 12.1 Å². The molecule has 2 N–H and O–H groups in total. The summed E-state index contributed by atoms with van der Waals surface area (Å²) in [6, 6.07) is 3.50. The van der Waals surface area contributed by atoms with E-state index in [4.69, 9.17) is 0 Å². The Bertz CT molecular complexity index is 634. The Morgan fingerprint density at radius 2 is 2.29 bits per heavy atom. The highest BCUT2D eigenvalue weighted by molar-refractivity contribution is 5.94. The van der Waals surface area contributed by atoms with Crippen molar-refractivity contribution in [1.29, 1.82) is 0 Å². The van der Waals surface area contributed by atoms with Gasteiger partial charge in [-0.25, -0.2) is 9.97 Å². The highest BCUT2D eigenvalue weighted by atomic mass is 16.3. The van der Waals surface area contributed by atoms with E-state index in [9.17, 15) is 9.90 Å². The van der Waals surface area contributed by atoms with E-state index in [1.54, 1.807) is 41.6 Å². The summed E-state index contributed by atoms with van der Waals surface area (Å²) in [7, 11) is 0. The number of aliphatic hydroxyl groups is 1. The minimum Gasteiger partial charge on any atom is -0.392 e. The molecule has 1 amide bonds. The van der Waals surface area contributed by atoms with E-state index >= 15 is 0 Å². The molecule has 2 heterocycles. The quantitative estimate of drug-likeness (QED) is 0.887. The van der Waals surface area contributed by atoms with Crippen molar-refractivity contribution in [2.75, 3.05) is 0 Å². The van der Waals surface area contributed by atoms with Crippen molar-refractivity contribution in [3.8, 4) is 5.82 Å². The number of hydrogen-bond acceptors (Lipinski definition) is 4. The average molecular weight is 286 g/mol. The third-order valence-corrected chi connectivity index (χ3v) is 4.30. The van der Waals surface area contributed by atoms with Gasteiger partial charge in [-0.15, -0.1) is 0 Å². The monoisotopic (exact) mass is 286 g/mol. The van der Waals surface area contributed by atoms with Gasteiger partial charge in [-0.05, 0) is 18.6 Å². The lowest BCUT2D eigenvalue weighted by molar-refractivity contribution is -0.0689. The zero-order valence-corrected chi connectivity index (χ0v) is 12.0. The molecule has 0 saturated heterocycles. The molecule has 0 bridgehead atoms. The molecule has 0 spiro atoms. The van der Waals surface area contributed by atoms with Crippen molar-refractivity contribution in [2.45, 2.75) is 32.4 Å². The Kier molecular flexibility index (Phi) is 3.25. The highest BCUT2D eigenvalue weighted by Crippen LogP contribution is 2.40. The summed E-state index contributed by atoms with van der Waals surface area (Å²) >= 11 is 0. The first-order valence-electron chi connectivity index (χ1n) is 6.92. The number of hydrogen-bond donors (Lipinski definition) is 2. The van der Waals surface area contributed by atoms with Gasteiger partial charge in [-0.3, -0.25) is 9.36 Å². The van der Waals surface area contributed by atoms with E-state index in [1.165, 1.54) is 0 Å². The molecule has 1 aliphatic carbocycles. The predicted octanol–water partition coefficient (Wildman–Crippen LogP) is 1.16. The molecule has 1 saturated carbocycles. The van der Waals surface area contributed by atoms with Crippen molar-refractivity contribution < 1.29 is 9.90 Å². The second-order valence-corrected chi connectivity index (χ2v) is 5.97. The zero-order chi connectivity index (χ0) is 15.0. The molecule has 2 atom stereocenters. The molecule has 2 aromatic heterocycles. The maximum atomic E-state index is 12.2. The van der Waals surface area contributed by atoms with E-state index in [-0.39, 0.29) is 23.5 Å². The minimum absolute atomic E-state index is 0.00618. The maximum Gasteiger partial charge on any atom is 0.253 e. The molecule has 21 heavy (non-hydrogen) atoms. The number of amides is 1. The Hall–Kier alpha value is -2.21. The summed E-state index contributed by atoms with van der Waals surface area (Å²) in [6.07, 6.45) is 6.91. The third-order valence-electron chi connectivity index (χ3n) is 4.30. The number of rotatable bonds is 3. The summed E-state index contributed by atoms with van der Waals surface area (Å²) in [5, 5.41) is 12.6. The van der Waals surface area contributed by atoms with Crippen LogP contribution in [-0.4, -0.2) is 37.7 Å². The van der Waals surface area contributed by atoms with Gasteiger partial charge in [0.2, 0.25) is 0 Å². The number of nitrogens with one attached hydrogen (secondary N) is 1. The number of carbonyl (C=O) groups excluding carboxylic acids is 1. The first-order chi connectivity index (χ1) is 9.98. The lowest BCUT2D eigenvalue weighted by atomic mass is 9.64. The molecule has 2 aromatic rings. The van der Waals surface area contributed by atoms with Crippen LogP contribution in [0, 0.1) is 5.41 Å². The molecule has 0 aromatic carbocycles. The summed E-state index contributed by atoms with van der Waals surface area (Å²) in [6.45, 7) is 3.90. The maximum absolute atomic E-state index is 12.2. The molecule has 0 aliphatic heterocycles. The van der Waals surface area contributed by atoms with Gasteiger partial charge < -0.3 is 10.4 Å². The number of nitrogens with zero attached hydrogens (tertiary/aromatic N) is 3. The standard InChI is InChI=1S/C15H18N4O2/c1-15(2)11(7-12(15)20)18-14(21)10-3-4-13(17-8-10)19-6-5-16-9-19/h3-6,8-9,11-12,20H,7H2,1-2H3,(H,18,21). The van der Waals surface area contributed by atoms with E-state index in [0.29, 0.717) is 17.8 Å². The fourth-order valence-electron chi connectivity index (χ4n) is 2.46. The van der Waals surface area contributed by atoms with Crippen molar-refractivity contribution in [2.24, 2.45) is 5.41 Å². The lowest BCUT2D eigenvalue weighted by Gasteiger charge is -2.49. The van der Waals surface area contributed by atoms with Gasteiger partial charge in [0.25, 0.3) is 5.91 Å². The number of pyridine rings is 1. The average Bonchev–Trinajstić information content (AvgIpc) is 3.01. The molecule has 2 unspecified atom stereocenters. The normalized spacial score (nSPS) is 23.4. The van der Waals surface area contributed by atoms with Crippen LogP contribution < -0.4 is 5.32 Å². The van der Waals surface area contributed by atoms with Gasteiger partial charge >= 0.3 is 0 Å². The number of carbonyl (C=O) groups is 1. The first kappa shape index (κ1) is 13.8. The molecule has 0 radical (unpaired) electrons. The zero-order valence-electron chi connectivity index (χ0n) is 12.0. The predicted molar refractivity (Wildman–Crippen MR) is 77.0 cm³/mol. The SMILES string of the molecule is CC1(C)C(O)CC1NC(=O)c1ccc(-n2ccnc2)nc1. The van der Waals surface area contributed by atoms with Gasteiger partial charge in [-0.1, -0.05) is 13.8 Å². The Labute approximate surface area is 122 Å². The molecule has 110 valence electrons. The molecule has 3 rings (SSSR count). The van der Waals surface area contributed by atoms with E-state index in [0.717, 1.165) is 0 Å². The van der Waals surface area contributed by atoms with Crippen LogP contribution in [0.15, 0.2) is 37.1 Å². The van der Waals surface area contributed by atoms with Crippen LogP contribution >= 0.6 is 0 Å². The fraction of sp³-hybridized carbons (Fsp3) is 0.400. The highest BCUT2D eigenvalue weighted by Gasteiger charge is 2.47. The summed E-state index contributed by atoms with van der Waals surface area (Å²) < 4.78 is 1.77. The van der Waals surface area contributed by atoms with Crippen LogP contribution in [0.3, 0.4) is 0 Å². The Morgan fingerprint density at radius 1 is 1.48 bits per heavy atom. The number of aromatic nitrogens is 3. The van der Waals surface area contributed by atoms with E-state index in [2.05, 4.69) is 15.3 Å². The molecule has 6 heteroatoms. The smallest absolute Gasteiger partial charge is 0.253 e. The number of aliphatic hydroxyl groups excluding tert-OH is 1. The van der Waals surface area contributed by atoms with Crippen LogP contribution in [0.4, 0.5) is 0 Å². The van der Waals surface area contributed by atoms with Crippen molar-refractivity contribution in [3.63, 3.8) is 0 Å². The van der Waals surface area contributed by atoms with Crippen molar-refractivity contribution in [1.82, 2.24) is 19.9 Å². The summed E-state index contributed by atoms with van der Waals surface area (Å²) in [5.74, 6) is 0.549. The van der Waals surface area contributed by atoms with Crippen LogP contribution in [0.5, 0.6) is 0 Å². The lowest BCUT2D eigenvalue weighted by Crippen LogP contribution is -2.61. The van der Waals surface area contributed by atoms with Crippen molar-refractivity contribution in [3.05, 3.63) is 42.6 Å². The van der Waals surface area contributed by atoms with Crippen LogP contribution in [-0.2, 0) is 0 Å². The minimum atomic E-state index is -0.357. The molecule has 6 nitrogen and oxygen atoms in total. The molecular weight excluding hydrogens is 268 g/mol. The topological polar surface area (TPSA) is 80.0 Å². The second-order valence-electron chi connectivity index (χ2n) is 5.97. The second kappa shape index (κ2) is 4.96. The van der Waals surface area contributed by atoms with E-state index < -0.39 is 0 Å². The van der Waals surface area contributed by atoms with Gasteiger partial charge in [-0.2, -0.15) is 0 Å². The van der Waals surface area contributed by atoms with Gasteiger partial charge in [0, 0.05) is 30.0 Å². The van der Waals surface area contributed by atoms with Gasteiger partial charge in [0.05, 0.1) is 11.7 Å². The fourth-order valence-corrected chi connectivity index (χ4v) is 2.46. The number of imidazole rings is 1.